The van der Waals surface area contributed by atoms with Crippen molar-refractivity contribution >= 4 is 23.8 Å². The van der Waals surface area contributed by atoms with Gasteiger partial charge in [0.25, 0.3) is 0 Å². The van der Waals surface area contributed by atoms with E-state index in [1.165, 1.54) is 7.05 Å². The highest BCUT2D eigenvalue weighted by atomic mass is 16.2. The Morgan fingerprint density at radius 2 is 1.89 bits per heavy atom. The van der Waals surface area contributed by atoms with Gasteiger partial charge in [-0.1, -0.05) is 12.8 Å². The van der Waals surface area contributed by atoms with Crippen molar-refractivity contribution in [3.8, 4) is 0 Å². The molecule has 104 valence electrons. The molecule has 0 atom stereocenters. The summed E-state index contributed by atoms with van der Waals surface area (Å²) < 4.78 is 0. The molecule has 5 amide bonds. The van der Waals surface area contributed by atoms with Crippen LogP contribution in [0.15, 0.2) is 0 Å². The molecule has 1 heterocycles. The van der Waals surface area contributed by atoms with Crippen molar-refractivity contribution in [2.45, 2.75) is 32.1 Å². The fourth-order valence-corrected chi connectivity index (χ4v) is 2.83. The van der Waals surface area contributed by atoms with E-state index < -0.39 is 17.4 Å². The summed E-state index contributed by atoms with van der Waals surface area (Å²) in [5, 5.41) is 4.27. The van der Waals surface area contributed by atoms with Crippen LogP contribution in [-0.2, 0) is 14.4 Å². The standard InChI is InChI=1S/C12H17N3O4/c1-13-11(19)14-8(16)7-15-9(17)6-12(10(15)18)4-2-3-5-12/h2-7H2,1H3,(H2,13,14,16,19). The normalized spacial score (nSPS) is 21.0. The molecular weight excluding hydrogens is 250 g/mol. The molecule has 0 bridgehead atoms. The van der Waals surface area contributed by atoms with E-state index in [0.29, 0.717) is 12.8 Å². The zero-order chi connectivity index (χ0) is 14.0. The van der Waals surface area contributed by atoms with Crippen LogP contribution in [0.3, 0.4) is 0 Å². The monoisotopic (exact) mass is 267 g/mol. The first-order chi connectivity index (χ1) is 8.98. The summed E-state index contributed by atoms with van der Waals surface area (Å²) in [5.41, 5.74) is -0.579. The predicted octanol–water partition coefficient (Wildman–Crippen LogP) is -0.239. The summed E-state index contributed by atoms with van der Waals surface area (Å²) in [5.74, 6) is -1.24. The van der Waals surface area contributed by atoms with Crippen molar-refractivity contribution in [1.82, 2.24) is 15.5 Å². The van der Waals surface area contributed by atoms with E-state index in [9.17, 15) is 19.2 Å². The molecule has 0 aromatic heterocycles. The lowest BCUT2D eigenvalue weighted by molar-refractivity contribution is -0.144. The Hall–Kier alpha value is -1.92. The van der Waals surface area contributed by atoms with Crippen LogP contribution in [0.1, 0.15) is 32.1 Å². The molecule has 1 aliphatic carbocycles. The number of urea groups is 1. The van der Waals surface area contributed by atoms with Crippen LogP contribution in [0.5, 0.6) is 0 Å². The van der Waals surface area contributed by atoms with Crippen LogP contribution in [0.2, 0.25) is 0 Å². The van der Waals surface area contributed by atoms with Crippen molar-refractivity contribution < 1.29 is 19.2 Å². The highest BCUT2D eigenvalue weighted by Gasteiger charge is 2.52. The highest BCUT2D eigenvalue weighted by Crippen LogP contribution is 2.46. The first-order valence-corrected chi connectivity index (χ1v) is 6.35. The van der Waals surface area contributed by atoms with Gasteiger partial charge >= 0.3 is 6.03 Å². The smallest absolute Gasteiger partial charge is 0.321 e. The van der Waals surface area contributed by atoms with Gasteiger partial charge in [-0.3, -0.25) is 24.6 Å². The molecule has 0 aromatic carbocycles. The highest BCUT2D eigenvalue weighted by molar-refractivity contribution is 6.09. The molecule has 1 aliphatic heterocycles. The number of nitrogens with one attached hydrogen (secondary N) is 2. The Kier molecular flexibility index (Phi) is 3.55. The average molecular weight is 267 g/mol. The van der Waals surface area contributed by atoms with E-state index in [1.54, 1.807) is 0 Å². The molecule has 2 rings (SSSR count). The molecule has 2 N–H and O–H groups in total. The number of carbonyl (C=O) groups is 4. The fraction of sp³-hybridized carbons (Fsp3) is 0.667. The average Bonchev–Trinajstić information content (AvgIpc) is 2.91. The summed E-state index contributed by atoms with van der Waals surface area (Å²) in [7, 11) is 1.38. The Morgan fingerprint density at radius 1 is 1.26 bits per heavy atom. The molecule has 1 saturated heterocycles. The maximum Gasteiger partial charge on any atom is 0.321 e. The van der Waals surface area contributed by atoms with E-state index in [0.717, 1.165) is 17.7 Å². The van der Waals surface area contributed by atoms with Gasteiger partial charge in [-0.25, -0.2) is 4.79 Å². The Labute approximate surface area is 110 Å². The van der Waals surface area contributed by atoms with Crippen LogP contribution >= 0.6 is 0 Å². The second kappa shape index (κ2) is 4.99. The molecule has 7 nitrogen and oxygen atoms in total. The maximum atomic E-state index is 12.3. The van der Waals surface area contributed by atoms with Crippen LogP contribution in [0.25, 0.3) is 0 Å². The lowest BCUT2D eigenvalue weighted by Gasteiger charge is -2.20. The first kappa shape index (κ1) is 13.5. The molecule has 2 aliphatic rings. The number of nitrogens with zero attached hydrogens (tertiary/aromatic N) is 1. The molecule has 2 fully saturated rings. The third-order valence-electron chi connectivity index (χ3n) is 3.83. The number of likely N-dealkylation sites (tertiary alicyclic amines) is 1. The molecular formula is C12H17N3O4. The molecule has 0 radical (unpaired) electrons. The van der Waals surface area contributed by atoms with E-state index in [-0.39, 0.29) is 24.8 Å². The number of rotatable bonds is 2. The van der Waals surface area contributed by atoms with Crippen molar-refractivity contribution in [2.75, 3.05) is 13.6 Å². The molecule has 19 heavy (non-hydrogen) atoms. The van der Waals surface area contributed by atoms with Crippen LogP contribution in [0, 0.1) is 5.41 Å². The van der Waals surface area contributed by atoms with Crippen molar-refractivity contribution in [3.05, 3.63) is 0 Å². The van der Waals surface area contributed by atoms with Crippen molar-refractivity contribution in [1.29, 1.82) is 0 Å². The Balaban J connectivity index is 2.01. The molecule has 0 aromatic rings. The minimum Gasteiger partial charge on any atom is -0.341 e. The number of hydrogen-bond donors (Lipinski definition) is 2. The van der Waals surface area contributed by atoms with E-state index in [2.05, 4.69) is 5.32 Å². The SMILES string of the molecule is CNC(=O)NC(=O)CN1C(=O)CC2(CCCC2)C1=O. The zero-order valence-electron chi connectivity index (χ0n) is 10.8. The summed E-state index contributed by atoms with van der Waals surface area (Å²) in [6, 6.07) is -0.653. The number of amides is 5. The van der Waals surface area contributed by atoms with Gasteiger partial charge in [0.05, 0.1) is 5.41 Å². The third-order valence-corrected chi connectivity index (χ3v) is 3.83. The number of imide groups is 2. The molecule has 1 saturated carbocycles. The van der Waals surface area contributed by atoms with Crippen LogP contribution < -0.4 is 10.6 Å². The van der Waals surface area contributed by atoms with Crippen LogP contribution in [-0.4, -0.2) is 42.2 Å². The quantitative estimate of drug-likeness (QED) is 0.675. The minimum absolute atomic E-state index is 0.194. The number of carbonyl (C=O) groups excluding carboxylic acids is 4. The summed E-state index contributed by atoms with van der Waals surface area (Å²) in [6.07, 6.45) is 3.50. The van der Waals surface area contributed by atoms with Gasteiger partial charge < -0.3 is 5.32 Å². The van der Waals surface area contributed by atoms with Gasteiger partial charge in [-0.05, 0) is 12.8 Å². The third kappa shape index (κ3) is 2.45. The maximum absolute atomic E-state index is 12.3. The topological polar surface area (TPSA) is 95.6 Å². The van der Waals surface area contributed by atoms with Gasteiger partial charge in [0, 0.05) is 13.5 Å². The van der Waals surface area contributed by atoms with Crippen molar-refractivity contribution in [3.63, 3.8) is 0 Å². The molecule has 1 spiro atoms. The second-order valence-corrected chi connectivity index (χ2v) is 5.08. The number of hydrogen-bond acceptors (Lipinski definition) is 4. The van der Waals surface area contributed by atoms with E-state index in [4.69, 9.17) is 0 Å². The van der Waals surface area contributed by atoms with Gasteiger partial charge in [-0.2, -0.15) is 0 Å². The lowest BCUT2D eigenvalue weighted by Crippen LogP contribution is -2.46. The minimum atomic E-state index is -0.656. The van der Waals surface area contributed by atoms with Gasteiger partial charge in [0.15, 0.2) is 0 Å². The summed E-state index contributed by atoms with van der Waals surface area (Å²) in [6.45, 7) is -0.382. The zero-order valence-corrected chi connectivity index (χ0v) is 10.8. The molecule has 0 unspecified atom stereocenters. The molecule has 7 heteroatoms. The van der Waals surface area contributed by atoms with Gasteiger partial charge in [0.2, 0.25) is 17.7 Å². The van der Waals surface area contributed by atoms with E-state index >= 15 is 0 Å². The Morgan fingerprint density at radius 3 is 2.47 bits per heavy atom. The van der Waals surface area contributed by atoms with Crippen LogP contribution in [0.4, 0.5) is 4.79 Å². The first-order valence-electron chi connectivity index (χ1n) is 6.35. The van der Waals surface area contributed by atoms with Gasteiger partial charge in [-0.15, -0.1) is 0 Å². The summed E-state index contributed by atoms with van der Waals surface area (Å²) >= 11 is 0. The van der Waals surface area contributed by atoms with Gasteiger partial charge in [0.1, 0.15) is 6.54 Å². The van der Waals surface area contributed by atoms with Crippen molar-refractivity contribution in [2.24, 2.45) is 5.41 Å². The largest absolute Gasteiger partial charge is 0.341 e. The fourth-order valence-electron chi connectivity index (χ4n) is 2.83. The summed E-state index contributed by atoms with van der Waals surface area (Å²) in [4.78, 5) is 47.6. The second-order valence-electron chi connectivity index (χ2n) is 5.08. The Bertz CT molecular complexity index is 440. The lowest BCUT2D eigenvalue weighted by atomic mass is 9.84. The van der Waals surface area contributed by atoms with E-state index in [1.807, 2.05) is 5.32 Å². The predicted molar refractivity (Wildman–Crippen MR) is 64.8 cm³/mol.